The molecule has 2 nitrogen and oxygen atoms in total. The van der Waals surface area contributed by atoms with Gasteiger partial charge >= 0.3 is 0 Å². The highest BCUT2D eigenvalue weighted by molar-refractivity contribution is 6.18. The molecular weight excluding hydrogens is 188 g/mol. The molecule has 1 fully saturated rings. The normalized spacial score (nSPS) is 29.5. The Kier molecular flexibility index (Phi) is 4.02. The van der Waals surface area contributed by atoms with E-state index in [9.17, 15) is 0 Å². The summed E-state index contributed by atoms with van der Waals surface area (Å²) in [4.78, 5) is 0. The quantitative estimate of drug-likeness (QED) is 0.658. The molecule has 0 aromatic carbocycles. The minimum Gasteiger partial charge on any atom is -0.379 e. The molecule has 2 atom stereocenters. The van der Waals surface area contributed by atoms with E-state index >= 15 is 0 Å². The third kappa shape index (κ3) is 3.12. The van der Waals surface area contributed by atoms with Crippen molar-refractivity contribution in [2.75, 3.05) is 19.6 Å². The van der Waals surface area contributed by atoms with E-state index in [-0.39, 0.29) is 11.7 Å². The lowest BCUT2D eigenvalue weighted by Crippen LogP contribution is -2.32. The lowest BCUT2D eigenvalue weighted by molar-refractivity contribution is -0.0332. The summed E-state index contributed by atoms with van der Waals surface area (Å²) >= 11 is 5.85. The van der Waals surface area contributed by atoms with Gasteiger partial charge in [0.25, 0.3) is 0 Å². The van der Waals surface area contributed by atoms with Crippen molar-refractivity contribution in [2.24, 2.45) is 5.92 Å². The summed E-state index contributed by atoms with van der Waals surface area (Å²) in [5.74, 6) is 1.21. The molecule has 0 N–H and O–H groups in total. The first kappa shape index (κ1) is 11.3. The highest BCUT2D eigenvalue weighted by Crippen LogP contribution is 2.29. The van der Waals surface area contributed by atoms with E-state index in [1.54, 1.807) is 7.11 Å². The molecule has 0 aromatic heterocycles. The number of rotatable bonds is 4. The second-order valence-electron chi connectivity index (χ2n) is 4.28. The molecule has 1 heterocycles. The molecule has 1 rings (SSSR count). The van der Waals surface area contributed by atoms with Crippen LogP contribution in [0.1, 0.15) is 26.7 Å². The second-order valence-corrected chi connectivity index (χ2v) is 4.59. The zero-order chi connectivity index (χ0) is 9.90. The Labute approximate surface area is 85.5 Å². The molecule has 1 saturated heterocycles. The van der Waals surface area contributed by atoms with E-state index < -0.39 is 0 Å². The van der Waals surface area contributed by atoms with Gasteiger partial charge in [0, 0.05) is 31.9 Å². The van der Waals surface area contributed by atoms with Crippen LogP contribution in [-0.2, 0) is 9.47 Å². The third-order valence-electron chi connectivity index (χ3n) is 2.79. The first-order valence-electron chi connectivity index (χ1n) is 4.82. The number of ether oxygens (including phenoxy) is 2. The number of hydrogen-bond donors (Lipinski definition) is 0. The Hall–Kier alpha value is 0.210. The maximum atomic E-state index is 5.85. The van der Waals surface area contributed by atoms with Gasteiger partial charge < -0.3 is 9.47 Å². The van der Waals surface area contributed by atoms with Crippen molar-refractivity contribution in [1.82, 2.24) is 0 Å². The average molecular weight is 207 g/mol. The summed E-state index contributed by atoms with van der Waals surface area (Å²) in [5, 5.41) is 0. The van der Waals surface area contributed by atoms with Crippen LogP contribution in [0.3, 0.4) is 0 Å². The molecule has 1 aliphatic rings. The van der Waals surface area contributed by atoms with Crippen LogP contribution in [0.4, 0.5) is 0 Å². The van der Waals surface area contributed by atoms with Crippen molar-refractivity contribution in [3.8, 4) is 0 Å². The fraction of sp³-hybridized carbons (Fsp3) is 1.00. The molecule has 3 heteroatoms. The van der Waals surface area contributed by atoms with Crippen LogP contribution in [-0.4, -0.2) is 31.3 Å². The molecule has 2 unspecified atom stereocenters. The lowest BCUT2D eigenvalue weighted by Gasteiger charge is -2.28. The van der Waals surface area contributed by atoms with Gasteiger partial charge in [0.2, 0.25) is 0 Å². The molecule has 0 saturated carbocycles. The Morgan fingerprint density at radius 2 is 2.23 bits per heavy atom. The standard InChI is InChI=1S/C10H19ClO2/c1-10(2,12-3)6-9-8(7-11)4-5-13-9/h8-9H,4-7H2,1-3H3. The molecular formula is C10H19ClO2. The molecule has 0 spiro atoms. The summed E-state index contributed by atoms with van der Waals surface area (Å²) in [7, 11) is 1.74. The number of hydrogen-bond acceptors (Lipinski definition) is 2. The topological polar surface area (TPSA) is 18.5 Å². The monoisotopic (exact) mass is 206 g/mol. The van der Waals surface area contributed by atoms with E-state index in [0.717, 1.165) is 19.4 Å². The van der Waals surface area contributed by atoms with Crippen molar-refractivity contribution < 1.29 is 9.47 Å². The largest absolute Gasteiger partial charge is 0.379 e. The van der Waals surface area contributed by atoms with Crippen molar-refractivity contribution in [1.29, 1.82) is 0 Å². The Morgan fingerprint density at radius 1 is 1.54 bits per heavy atom. The number of halogens is 1. The van der Waals surface area contributed by atoms with Gasteiger partial charge in [-0.05, 0) is 20.3 Å². The maximum absolute atomic E-state index is 5.85. The Balaban J connectivity index is 2.43. The summed E-state index contributed by atoms with van der Waals surface area (Å²) in [5.41, 5.74) is -0.0979. The van der Waals surface area contributed by atoms with Gasteiger partial charge in [-0.1, -0.05) is 0 Å². The van der Waals surface area contributed by atoms with Gasteiger partial charge in [-0.3, -0.25) is 0 Å². The summed E-state index contributed by atoms with van der Waals surface area (Å²) in [6.07, 6.45) is 2.31. The van der Waals surface area contributed by atoms with E-state index in [1.165, 1.54) is 0 Å². The van der Waals surface area contributed by atoms with Crippen LogP contribution in [0.25, 0.3) is 0 Å². The fourth-order valence-corrected chi connectivity index (χ4v) is 2.02. The van der Waals surface area contributed by atoms with Gasteiger partial charge in [-0.15, -0.1) is 11.6 Å². The minimum absolute atomic E-state index is 0.0979. The van der Waals surface area contributed by atoms with Crippen LogP contribution < -0.4 is 0 Å². The Bertz CT molecular complexity index is 159. The smallest absolute Gasteiger partial charge is 0.0647 e. The molecule has 0 aromatic rings. The molecule has 78 valence electrons. The highest BCUT2D eigenvalue weighted by Gasteiger charge is 2.32. The van der Waals surface area contributed by atoms with E-state index in [1.807, 2.05) is 0 Å². The molecule has 0 radical (unpaired) electrons. The zero-order valence-electron chi connectivity index (χ0n) is 8.68. The van der Waals surface area contributed by atoms with E-state index in [0.29, 0.717) is 11.8 Å². The van der Waals surface area contributed by atoms with Crippen LogP contribution in [0.5, 0.6) is 0 Å². The van der Waals surface area contributed by atoms with Gasteiger partial charge in [0.15, 0.2) is 0 Å². The summed E-state index contributed by atoms with van der Waals surface area (Å²) in [6, 6.07) is 0. The number of methoxy groups -OCH3 is 1. The Morgan fingerprint density at radius 3 is 2.77 bits per heavy atom. The molecule has 1 aliphatic heterocycles. The van der Waals surface area contributed by atoms with Crippen molar-refractivity contribution >= 4 is 11.6 Å². The number of alkyl halides is 1. The predicted molar refractivity (Wildman–Crippen MR) is 54.3 cm³/mol. The van der Waals surface area contributed by atoms with Gasteiger partial charge in [0.05, 0.1) is 11.7 Å². The van der Waals surface area contributed by atoms with Gasteiger partial charge in [0.1, 0.15) is 0 Å². The SMILES string of the molecule is COC(C)(C)CC1OCCC1CCl. The van der Waals surface area contributed by atoms with Crippen LogP contribution in [0.15, 0.2) is 0 Å². The predicted octanol–water partition coefficient (Wildman–Crippen LogP) is 2.45. The van der Waals surface area contributed by atoms with Crippen molar-refractivity contribution in [2.45, 2.75) is 38.4 Å². The van der Waals surface area contributed by atoms with Crippen molar-refractivity contribution in [3.05, 3.63) is 0 Å². The average Bonchev–Trinajstić information content (AvgIpc) is 2.51. The summed E-state index contributed by atoms with van der Waals surface area (Å²) in [6.45, 7) is 5.02. The van der Waals surface area contributed by atoms with Crippen molar-refractivity contribution in [3.63, 3.8) is 0 Å². The van der Waals surface area contributed by atoms with Gasteiger partial charge in [-0.2, -0.15) is 0 Å². The van der Waals surface area contributed by atoms with Crippen LogP contribution >= 0.6 is 11.6 Å². The van der Waals surface area contributed by atoms with Crippen LogP contribution in [0.2, 0.25) is 0 Å². The van der Waals surface area contributed by atoms with Crippen LogP contribution in [0, 0.1) is 5.92 Å². The van der Waals surface area contributed by atoms with Gasteiger partial charge in [-0.25, -0.2) is 0 Å². The zero-order valence-corrected chi connectivity index (χ0v) is 9.43. The third-order valence-corrected chi connectivity index (χ3v) is 3.19. The second kappa shape index (κ2) is 4.63. The van der Waals surface area contributed by atoms with E-state index in [4.69, 9.17) is 21.1 Å². The molecule has 0 aliphatic carbocycles. The maximum Gasteiger partial charge on any atom is 0.0647 e. The highest BCUT2D eigenvalue weighted by atomic mass is 35.5. The summed E-state index contributed by atoms with van der Waals surface area (Å²) < 4.78 is 11.0. The fourth-order valence-electron chi connectivity index (χ4n) is 1.66. The first-order valence-corrected chi connectivity index (χ1v) is 5.35. The molecule has 0 bridgehead atoms. The minimum atomic E-state index is -0.0979. The lowest BCUT2D eigenvalue weighted by atomic mass is 9.93. The van der Waals surface area contributed by atoms with E-state index in [2.05, 4.69) is 13.8 Å². The molecule has 0 amide bonds. The molecule has 13 heavy (non-hydrogen) atoms. The first-order chi connectivity index (χ1) is 6.09.